The predicted molar refractivity (Wildman–Crippen MR) is 69.1 cm³/mol. The van der Waals surface area contributed by atoms with Crippen molar-refractivity contribution in [2.24, 2.45) is 5.92 Å². The molecule has 0 bridgehead atoms. The lowest BCUT2D eigenvalue weighted by atomic mass is 9.93. The largest absolute Gasteiger partial charge is 0.317 e. The van der Waals surface area contributed by atoms with Crippen molar-refractivity contribution in [3.05, 3.63) is 17.4 Å². The number of thiazole rings is 1. The molecule has 2 aromatic rings. The topological polar surface area (TPSA) is 50.7 Å². The van der Waals surface area contributed by atoms with E-state index >= 15 is 0 Å². The van der Waals surface area contributed by atoms with Crippen LogP contribution in [0, 0.1) is 5.92 Å². The van der Waals surface area contributed by atoms with Crippen molar-refractivity contribution in [3.8, 4) is 0 Å². The summed E-state index contributed by atoms with van der Waals surface area (Å²) >= 11 is 1.69. The summed E-state index contributed by atoms with van der Waals surface area (Å²) in [5, 5.41) is 4.59. The molecule has 1 aliphatic heterocycles. The Morgan fingerprint density at radius 2 is 2.06 bits per heavy atom. The first-order valence-electron chi connectivity index (χ1n) is 6.19. The van der Waals surface area contributed by atoms with Crippen LogP contribution in [0.5, 0.6) is 0 Å². The van der Waals surface area contributed by atoms with Gasteiger partial charge in [0.1, 0.15) is 0 Å². The zero-order chi connectivity index (χ0) is 11.5. The Bertz CT molecular complexity index is 457. The van der Waals surface area contributed by atoms with Gasteiger partial charge < -0.3 is 5.32 Å². The summed E-state index contributed by atoms with van der Waals surface area (Å²) in [6.45, 7) is 2.35. The number of hydrogen-bond acceptors (Lipinski definition) is 5. The van der Waals surface area contributed by atoms with E-state index in [1.807, 2.05) is 0 Å². The van der Waals surface area contributed by atoms with E-state index in [9.17, 15) is 0 Å². The van der Waals surface area contributed by atoms with Crippen LogP contribution in [-0.4, -0.2) is 28.0 Å². The molecule has 3 rings (SSSR count). The molecule has 0 unspecified atom stereocenters. The predicted octanol–water partition coefficient (Wildman–Crippen LogP) is 2.02. The van der Waals surface area contributed by atoms with Gasteiger partial charge in [0.25, 0.3) is 0 Å². The Balaban J connectivity index is 1.64. The van der Waals surface area contributed by atoms with Crippen molar-refractivity contribution in [3.63, 3.8) is 0 Å². The third kappa shape index (κ3) is 2.61. The molecule has 0 aromatic carbocycles. The van der Waals surface area contributed by atoms with Gasteiger partial charge >= 0.3 is 0 Å². The molecule has 1 aliphatic rings. The number of aryl methyl sites for hydroxylation is 1. The van der Waals surface area contributed by atoms with E-state index in [2.05, 4.69) is 20.3 Å². The van der Waals surface area contributed by atoms with E-state index in [0.717, 1.165) is 22.8 Å². The van der Waals surface area contributed by atoms with Crippen LogP contribution in [0.2, 0.25) is 0 Å². The summed E-state index contributed by atoms with van der Waals surface area (Å²) in [5.74, 6) is 0.865. The second-order valence-electron chi connectivity index (χ2n) is 4.52. The van der Waals surface area contributed by atoms with Crippen molar-refractivity contribution in [1.82, 2.24) is 20.3 Å². The quantitative estimate of drug-likeness (QED) is 0.903. The van der Waals surface area contributed by atoms with Crippen LogP contribution >= 0.6 is 11.3 Å². The van der Waals surface area contributed by atoms with E-state index in [4.69, 9.17) is 0 Å². The highest BCUT2D eigenvalue weighted by atomic mass is 32.1. The Labute approximate surface area is 105 Å². The zero-order valence-electron chi connectivity index (χ0n) is 9.72. The van der Waals surface area contributed by atoms with Gasteiger partial charge in [-0.15, -0.1) is 0 Å². The number of nitrogens with one attached hydrogen (secondary N) is 1. The third-order valence-electron chi connectivity index (χ3n) is 3.32. The van der Waals surface area contributed by atoms with Crippen LogP contribution in [-0.2, 0) is 6.42 Å². The maximum absolute atomic E-state index is 4.53. The highest BCUT2D eigenvalue weighted by Crippen LogP contribution is 2.23. The summed E-state index contributed by atoms with van der Waals surface area (Å²) in [4.78, 5) is 14.0. The smallest absolute Gasteiger partial charge is 0.189 e. The minimum atomic E-state index is 0.804. The van der Waals surface area contributed by atoms with Crippen molar-refractivity contribution in [2.75, 3.05) is 13.1 Å². The van der Waals surface area contributed by atoms with Gasteiger partial charge in [-0.2, -0.15) is 0 Å². The zero-order valence-corrected chi connectivity index (χ0v) is 10.5. The highest BCUT2D eigenvalue weighted by molar-refractivity contribution is 7.18. The lowest BCUT2D eigenvalue weighted by Gasteiger charge is -2.21. The summed E-state index contributed by atoms with van der Waals surface area (Å²) in [5.41, 5.74) is 0.804. The molecule has 0 aliphatic carbocycles. The SMILES string of the molecule is c1cnc2sc(CCC3CCNCC3)nc2n1. The Morgan fingerprint density at radius 3 is 2.88 bits per heavy atom. The number of aromatic nitrogens is 3. The maximum atomic E-state index is 4.53. The standard InChI is InChI=1S/C12H16N4S/c1(9-3-5-13-6-4-9)2-10-16-11-12(17-10)15-8-7-14-11/h7-9,13H,1-6H2. The van der Waals surface area contributed by atoms with Crippen LogP contribution in [0.4, 0.5) is 0 Å². The average Bonchev–Trinajstić information content (AvgIpc) is 2.80. The minimum Gasteiger partial charge on any atom is -0.317 e. The number of fused-ring (bicyclic) bond motifs is 1. The van der Waals surface area contributed by atoms with Crippen LogP contribution in [0.15, 0.2) is 12.4 Å². The molecule has 0 saturated carbocycles. The van der Waals surface area contributed by atoms with Gasteiger partial charge in [-0.05, 0) is 44.7 Å². The van der Waals surface area contributed by atoms with Gasteiger partial charge in [0.2, 0.25) is 0 Å². The van der Waals surface area contributed by atoms with Crippen molar-refractivity contribution in [1.29, 1.82) is 0 Å². The first-order valence-corrected chi connectivity index (χ1v) is 7.00. The van der Waals surface area contributed by atoms with E-state index in [0.29, 0.717) is 0 Å². The molecule has 17 heavy (non-hydrogen) atoms. The van der Waals surface area contributed by atoms with E-state index in [1.165, 1.54) is 37.4 Å². The first kappa shape index (κ1) is 11.0. The van der Waals surface area contributed by atoms with Crippen LogP contribution in [0.3, 0.4) is 0 Å². The van der Waals surface area contributed by atoms with Gasteiger partial charge in [-0.1, -0.05) is 11.3 Å². The second kappa shape index (κ2) is 5.06. The molecular weight excluding hydrogens is 232 g/mol. The lowest BCUT2D eigenvalue weighted by molar-refractivity contribution is 0.354. The van der Waals surface area contributed by atoms with Crippen LogP contribution in [0.25, 0.3) is 10.5 Å². The molecule has 1 saturated heterocycles. The highest BCUT2D eigenvalue weighted by Gasteiger charge is 2.14. The van der Waals surface area contributed by atoms with Crippen molar-refractivity contribution >= 4 is 21.8 Å². The van der Waals surface area contributed by atoms with Gasteiger partial charge in [-0.3, -0.25) is 0 Å². The second-order valence-corrected chi connectivity index (χ2v) is 5.59. The molecule has 0 spiro atoms. The first-order chi connectivity index (χ1) is 8.42. The average molecular weight is 248 g/mol. The molecule has 1 fully saturated rings. The van der Waals surface area contributed by atoms with Crippen molar-refractivity contribution in [2.45, 2.75) is 25.7 Å². The van der Waals surface area contributed by atoms with Gasteiger partial charge in [0.15, 0.2) is 10.5 Å². The Kier molecular flexibility index (Phi) is 3.29. The summed E-state index contributed by atoms with van der Waals surface area (Å²) in [6.07, 6.45) is 8.38. The molecule has 4 nitrogen and oxygen atoms in total. The van der Waals surface area contributed by atoms with E-state index < -0.39 is 0 Å². The van der Waals surface area contributed by atoms with Gasteiger partial charge in [0.05, 0.1) is 5.01 Å². The number of nitrogens with zero attached hydrogens (tertiary/aromatic N) is 3. The van der Waals surface area contributed by atoms with Gasteiger partial charge in [0, 0.05) is 12.4 Å². The molecular formula is C12H16N4S. The fourth-order valence-electron chi connectivity index (χ4n) is 2.32. The molecule has 0 amide bonds. The molecule has 2 aromatic heterocycles. The third-order valence-corrected chi connectivity index (χ3v) is 4.33. The molecule has 1 N–H and O–H groups in total. The fourth-order valence-corrected chi connectivity index (χ4v) is 3.20. The lowest BCUT2D eigenvalue weighted by Crippen LogP contribution is -2.27. The van der Waals surface area contributed by atoms with Crippen LogP contribution < -0.4 is 5.32 Å². The molecule has 3 heterocycles. The van der Waals surface area contributed by atoms with Gasteiger partial charge in [-0.25, -0.2) is 15.0 Å². The summed E-state index contributed by atoms with van der Waals surface area (Å²) in [6, 6.07) is 0. The monoisotopic (exact) mass is 248 g/mol. The van der Waals surface area contributed by atoms with Crippen molar-refractivity contribution < 1.29 is 0 Å². The number of piperidine rings is 1. The molecule has 90 valence electrons. The summed E-state index contributed by atoms with van der Waals surface area (Å²) < 4.78 is 0. The molecule has 0 atom stereocenters. The van der Waals surface area contributed by atoms with Crippen LogP contribution in [0.1, 0.15) is 24.3 Å². The Hall–Kier alpha value is -1.07. The summed E-state index contributed by atoms with van der Waals surface area (Å²) in [7, 11) is 0. The molecule has 0 radical (unpaired) electrons. The Morgan fingerprint density at radius 1 is 1.24 bits per heavy atom. The fraction of sp³-hybridized carbons (Fsp3) is 0.583. The van der Waals surface area contributed by atoms with E-state index in [1.54, 1.807) is 23.7 Å². The minimum absolute atomic E-state index is 0.804. The maximum Gasteiger partial charge on any atom is 0.189 e. The normalized spacial score (nSPS) is 17.6. The number of rotatable bonds is 3. The van der Waals surface area contributed by atoms with E-state index in [-0.39, 0.29) is 0 Å². The molecule has 5 heteroatoms. The number of hydrogen-bond donors (Lipinski definition) is 1.